The number of carbonyl (C=O) groups is 1. The summed E-state index contributed by atoms with van der Waals surface area (Å²) in [4.78, 5) is 25.2. The van der Waals surface area contributed by atoms with Crippen LogP contribution in [0.2, 0.25) is 0 Å². The van der Waals surface area contributed by atoms with E-state index in [1.807, 2.05) is 31.6 Å². The summed E-state index contributed by atoms with van der Waals surface area (Å²) in [5.41, 5.74) is 3.76. The number of fused-ring (bicyclic) bond motifs is 1. The van der Waals surface area contributed by atoms with Crippen LogP contribution < -0.4 is 10.2 Å². The average Bonchev–Trinajstić information content (AvgIpc) is 3.63. The van der Waals surface area contributed by atoms with Crippen LogP contribution in [0, 0.1) is 16.7 Å². The van der Waals surface area contributed by atoms with Crippen molar-refractivity contribution < 1.29 is 9.53 Å². The van der Waals surface area contributed by atoms with E-state index in [4.69, 9.17) is 14.7 Å². The monoisotopic (exact) mass is 539 g/mol. The van der Waals surface area contributed by atoms with E-state index in [0.29, 0.717) is 35.7 Å². The third-order valence-corrected chi connectivity index (χ3v) is 8.40. The van der Waals surface area contributed by atoms with Crippen molar-refractivity contribution in [2.24, 2.45) is 12.5 Å². The van der Waals surface area contributed by atoms with E-state index >= 15 is 0 Å². The fourth-order valence-corrected chi connectivity index (χ4v) is 5.79. The molecular formula is C29H33N9O2. The number of carbonyl (C=O) groups excluding carboxylic acids is 1. The minimum absolute atomic E-state index is 0.183. The number of nitrogens with zero attached hydrogens (tertiary/aromatic N) is 8. The number of pyridine rings is 1. The molecule has 11 heteroatoms. The predicted molar refractivity (Wildman–Crippen MR) is 149 cm³/mol. The number of hydrogen-bond donors (Lipinski definition) is 1. The highest BCUT2D eigenvalue weighted by Crippen LogP contribution is 2.37. The molecule has 0 saturated carbocycles. The minimum atomic E-state index is -0.341. The SMILES string of the molecule is CCC1(C(=O)NC2CCOCC2)CCN(c2ccc(-c3nc(-c4cnn(C)c4)cn4ncc(C#N)c34)cn2)CC1. The van der Waals surface area contributed by atoms with Crippen LogP contribution in [0.3, 0.4) is 0 Å². The van der Waals surface area contributed by atoms with Gasteiger partial charge in [0.2, 0.25) is 5.91 Å². The Morgan fingerprint density at radius 1 is 1.12 bits per heavy atom. The number of amides is 1. The van der Waals surface area contributed by atoms with Crippen LogP contribution in [0.1, 0.15) is 44.6 Å². The number of anilines is 1. The molecule has 2 saturated heterocycles. The molecule has 6 heterocycles. The van der Waals surface area contributed by atoms with E-state index in [2.05, 4.69) is 33.4 Å². The van der Waals surface area contributed by atoms with Crippen LogP contribution in [0.4, 0.5) is 5.82 Å². The molecule has 4 aromatic heterocycles. The third kappa shape index (κ3) is 4.79. The van der Waals surface area contributed by atoms with Crippen molar-refractivity contribution in [3.05, 3.63) is 48.7 Å². The summed E-state index contributed by atoms with van der Waals surface area (Å²) < 4.78 is 8.86. The largest absolute Gasteiger partial charge is 0.381 e. The van der Waals surface area contributed by atoms with Gasteiger partial charge < -0.3 is 15.0 Å². The van der Waals surface area contributed by atoms with Crippen LogP contribution in [-0.4, -0.2) is 67.6 Å². The molecule has 1 N–H and O–H groups in total. The van der Waals surface area contributed by atoms with Crippen LogP contribution >= 0.6 is 0 Å². The summed E-state index contributed by atoms with van der Waals surface area (Å²) in [6, 6.07) is 6.43. The first kappa shape index (κ1) is 26.0. The molecule has 0 spiro atoms. The van der Waals surface area contributed by atoms with Crippen LogP contribution in [-0.2, 0) is 16.6 Å². The lowest BCUT2D eigenvalue weighted by Crippen LogP contribution is -2.52. The summed E-state index contributed by atoms with van der Waals surface area (Å²) in [7, 11) is 1.86. The summed E-state index contributed by atoms with van der Waals surface area (Å²) in [5, 5.41) is 21.7. The smallest absolute Gasteiger partial charge is 0.226 e. The molecule has 2 fully saturated rings. The van der Waals surface area contributed by atoms with Gasteiger partial charge in [-0.3, -0.25) is 9.48 Å². The van der Waals surface area contributed by atoms with Crippen molar-refractivity contribution in [2.45, 2.75) is 45.1 Å². The van der Waals surface area contributed by atoms with Gasteiger partial charge in [-0.05, 0) is 44.2 Å². The van der Waals surface area contributed by atoms with Gasteiger partial charge in [0.15, 0.2) is 0 Å². The Hall–Kier alpha value is -4.30. The molecule has 40 heavy (non-hydrogen) atoms. The summed E-state index contributed by atoms with van der Waals surface area (Å²) in [5.74, 6) is 1.05. The Morgan fingerprint density at radius 2 is 1.93 bits per heavy atom. The van der Waals surface area contributed by atoms with Crippen LogP contribution in [0.15, 0.2) is 43.1 Å². The van der Waals surface area contributed by atoms with E-state index in [0.717, 1.165) is 62.1 Å². The Labute approximate surface area is 232 Å². The Bertz CT molecular complexity index is 1550. The zero-order valence-electron chi connectivity index (χ0n) is 22.9. The number of aryl methyl sites for hydroxylation is 1. The van der Waals surface area contributed by atoms with Crippen molar-refractivity contribution in [1.29, 1.82) is 5.26 Å². The maximum absolute atomic E-state index is 13.3. The van der Waals surface area contributed by atoms with Crippen molar-refractivity contribution in [3.63, 3.8) is 0 Å². The number of nitriles is 1. The Balaban J connectivity index is 1.22. The second-order valence-electron chi connectivity index (χ2n) is 10.7. The molecule has 0 aliphatic carbocycles. The topological polar surface area (TPSA) is 126 Å². The second-order valence-corrected chi connectivity index (χ2v) is 10.7. The van der Waals surface area contributed by atoms with Crippen LogP contribution in [0.5, 0.6) is 0 Å². The zero-order chi connectivity index (χ0) is 27.7. The molecule has 206 valence electrons. The number of hydrogen-bond acceptors (Lipinski definition) is 8. The van der Waals surface area contributed by atoms with E-state index in [9.17, 15) is 10.1 Å². The molecule has 11 nitrogen and oxygen atoms in total. The first-order chi connectivity index (χ1) is 19.5. The molecule has 1 amide bonds. The first-order valence-corrected chi connectivity index (χ1v) is 13.9. The summed E-state index contributed by atoms with van der Waals surface area (Å²) in [6.45, 7) is 5.08. The number of nitrogens with one attached hydrogen (secondary N) is 1. The quantitative estimate of drug-likeness (QED) is 0.395. The standard InChI is InChI=1S/C29H33N9O2/c1-3-29(28(39)34-23-6-12-40-13-7-23)8-10-37(11-9-29)25-5-4-20(15-31-25)26-27-21(14-30)16-33-38(27)19-24(35-26)22-17-32-36(2)18-22/h4-5,15-19,23H,3,6-13H2,1-2H3,(H,34,39). The minimum Gasteiger partial charge on any atom is -0.381 e. The van der Waals surface area contributed by atoms with Crippen molar-refractivity contribution in [1.82, 2.24) is 34.7 Å². The highest BCUT2D eigenvalue weighted by Gasteiger charge is 2.40. The predicted octanol–water partition coefficient (Wildman–Crippen LogP) is 3.36. The highest BCUT2D eigenvalue weighted by molar-refractivity contribution is 5.84. The molecule has 0 unspecified atom stereocenters. The first-order valence-electron chi connectivity index (χ1n) is 13.9. The van der Waals surface area contributed by atoms with Gasteiger partial charge in [0.05, 0.1) is 35.4 Å². The molecule has 4 aromatic rings. The Morgan fingerprint density at radius 3 is 2.58 bits per heavy atom. The van der Waals surface area contributed by atoms with E-state index < -0.39 is 0 Å². The second kappa shape index (κ2) is 10.7. The van der Waals surface area contributed by atoms with Gasteiger partial charge in [-0.2, -0.15) is 15.5 Å². The lowest BCUT2D eigenvalue weighted by atomic mass is 9.75. The molecular weight excluding hydrogens is 506 g/mol. The number of piperidine rings is 1. The average molecular weight is 540 g/mol. The van der Waals surface area contributed by atoms with Gasteiger partial charge in [0, 0.05) is 62.9 Å². The van der Waals surface area contributed by atoms with Gasteiger partial charge in [-0.1, -0.05) is 6.92 Å². The molecule has 0 bridgehead atoms. The number of aromatic nitrogens is 6. The normalized spacial score (nSPS) is 17.6. The van der Waals surface area contributed by atoms with Gasteiger partial charge in [0.25, 0.3) is 0 Å². The van der Waals surface area contributed by atoms with E-state index in [1.165, 1.54) is 0 Å². The Kier molecular flexibility index (Phi) is 6.94. The molecule has 2 aliphatic heterocycles. The van der Waals surface area contributed by atoms with Gasteiger partial charge >= 0.3 is 0 Å². The molecule has 6 rings (SSSR count). The maximum Gasteiger partial charge on any atom is 0.226 e. The fourth-order valence-electron chi connectivity index (χ4n) is 5.79. The lowest BCUT2D eigenvalue weighted by molar-refractivity contribution is -0.134. The van der Waals surface area contributed by atoms with Gasteiger partial charge in [-0.25, -0.2) is 14.5 Å². The summed E-state index contributed by atoms with van der Waals surface area (Å²) >= 11 is 0. The van der Waals surface area contributed by atoms with Gasteiger partial charge in [-0.15, -0.1) is 0 Å². The molecule has 0 radical (unpaired) electrons. The molecule has 0 atom stereocenters. The maximum atomic E-state index is 13.3. The van der Waals surface area contributed by atoms with Gasteiger partial charge in [0.1, 0.15) is 23.0 Å². The lowest BCUT2D eigenvalue weighted by Gasteiger charge is -2.41. The van der Waals surface area contributed by atoms with Crippen molar-refractivity contribution in [2.75, 3.05) is 31.2 Å². The highest BCUT2D eigenvalue weighted by atomic mass is 16.5. The molecule has 0 aromatic carbocycles. The zero-order valence-corrected chi connectivity index (χ0v) is 22.9. The van der Waals surface area contributed by atoms with Crippen LogP contribution in [0.25, 0.3) is 28.0 Å². The number of ether oxygens (including phenoxy) is 1. The fraction of sp³-hybridized carbons (Fsp3) is 0.448. The molecule has 2 aliphatic rings. The van der Waals surface area contributed by atoms with E-state index in [-0.39, 0.29) is 17.4 Å². The van der Waals surface area contributed by atoms with Crippen molar-refractivity contribution >= 4 is 17.2 Å². The third-order valence-electron chi connectivity index (χ3n) is 8.40. The summed E-state index contributed by atoms with van der Waals surface area (Å²) in [6.07, 6.45) is 13.0. The number of rotatable bonds is 6. The van der Waals surface area contributed by atoms with Crippen molar-refractivity contribution in [3.8, 4) is 28.6 Å². The van der Waals surface area contributed by atoms with E-state index in [1.54, 1.807) is 27.8 Å².